The van der Waals surface area contributed by atoms with Gasteiger partial charge in [-0.05, 0) is 41.8 Å². The Morgan fingerprint density at radius 3 is 2.55 bits per heavy atom. The van der Waals surface area contributed by atoms with Gasteiger partial charge >= 0.3 is 0 Å². The lowest BCUT2D eigenvalue weighted by Gasteiger charge is -2.17. The summed E-state index contributed by atoms with van der Waals surface area (Å²) in [5.74, 6) is -0.0147. The van der Waals surface area contributed by atoms with Crippen molar-refractivity contribution in [3.8, 4) is 0 Å². The van der Waals surface area contributed by atoms with E-state index >= 15 is 0 Å². The van der Waals surface area contributed by atoms with Crippen LogP contribution in [0.3, 0.4) is 0 Å². The zero-order chi connectivity index (χ0) is 15.7. The van der Waals surface area contributed by atoms with Gasteiger partial charge < -0.3 is 10.6 Å². The van der Waals surface area contributed by atoms with Crippen LogP contribution in [0.25, 0.3) is 10.1 Å². The van der Waals surface area contributed by atoms with Gasteiger partial charge in [0.2, 0.25) is 0 Å². The summed E-state index contributed by atoms with van der Waals surface area (Å²) < 4.78 is 1.02. The maximum absolute atomic E-state index is 12.6. The van der Waals surface area contributed by atoms with Crippen LogP contribution in [-0.2, 0) is 0 Å². The number of hydrogen-bond donors (Lipinski definition) is 2. The molecule has 0 aliphatic rings. The van der Waals surface area contributed by atoms with Gasteiger partial charge in [-0.25, -0.2) is 0 Å². The molecular formula is C17H15N3OS. The summed E-state index contributed by atoms with van der Waals surface area (Å²) in [4.78, 5) is 14.9. The van der Waals surface area contributed by atoms with Crippen LogP contribution < -0.4 is 10.6 Å². The molecule has 3 N–H and O–H groups in total. The first-order valence-corrected chi connectivity index (χ1v) is 7.59. The van der Waals surface area contributed by atoms with E-state index in [9.17, 15) is 4.79 Å². The molecule has 0 aliphatic heterocycles. The number of para-hydroxylation sites is 1. The van der Waals surface area contributed by atoms with Crippen LogP contribution in [0.15, 0.2) is 54.6 Å². The van der Waals surface area contributed by atoms with Gasteiger partial charge in [0.15, 0.2) is 0 Å². The Balaban J connectivity index is 1.95. The van der Waals surface area contributed by atoms with Crippen LogP contribution in [0, 0.1) is 5.41 Å². The number of benzene rings is 2. The first-order chi connectivity index (χ1) is 10.6. The highest BCUT2D eigenvalue weighted by Crippen LogP contribution is 2.27. The normalized spacial score (nSPS) is 10.6. The van der Waals surface area contributed by atoms with E-state index in [1.165, 1.54) is 11.3 Å². The van der Waals surface area contributed by atoms with E-state index < -0.39 is 0 Å². The number of amidine groups is 1. The number of rotatable bonds is 3. The molecule has 0 unspecified atom stereocenters. The third-order valence-corrected chi connectivity index (χ3v) is 4.63. The Kier molecular flexibility index (Phi) is 3.65. The van der Waals surface area contributed by atoms with Crippen LogP contribution in [-0.4, -0.2) is 18.8 Å². The van der Waals surface area contributed by atoms with Gasteiger partial charge in [0.05, 0.1) is 4.88 Å². The van der Waals surface area contributed by atoms with Crippen molar-refractivity contribution in [3.05, 3.63) is 65.0 Å². The summed E-state index contributed by atoms with van der Waals surface area (Å²) >= 11 is 1.46. The van der Waals surface area contributed by atoms with Gasteiger partial charge in [-0.15, -0.1) is 11.3 Å². The Morgan fingerprint density at radius 2 is 1.86 bits per heavy atom. The maximum atomic E-state index is 12.6. The molecule has 1 amide bonds. The van der Waals surface area contributed by atoms with Crippen molar-refractivity contribution in [1.29, 1.82) is 5.41 Å². The fourth-order valence-corrected chi connectivity index (χ4v) is 3.18. The minimum atomic E-state index is -0.0660. The van der Waals surface area contributed by atoms with Gasteiger partial charge in [-0.3, -0.25) is 10.2 Å². The molecule has 0 aliphatic carbocycles. The Bertz CT molecular complexity index is 855. The molecule has 22 heavy (non-hydrogen) atoms. The molecule has 110 valence electrons. The monoisotopic (exact) mass is 309 g/mol. The predicted octanol–water partition coefficient (Wildman–Crippen LogP) is 3.46. The number of carbonyl (C=O) groups excluding carboxylic acids is 1. The van der Waals surface area contributed by atoms with Crippen molar-refractivity contribution >= 4 is 38.9 Å². The second-order valence-corrected chi connectivity index (χ2v) is 6.06. The molecule has 1 aromatic heterocycles. The number of carbonyl (C=O) groups is 1. The second-order valence-electron chi connectivity index (χ2n) is 4.98. The van der Waals surface area contributed by atoms with Gasteiger partial charge in [0, 0.05) is 23.0 Å². The standard InChI is InChI=1S/C17H15N3OS/c1-20(13-5-3-2-4-6-13)17(21)11-7-8-14-12(9-11)10-15(22-14)16(18)19/h2-10H,1H3,(H3,18,19). The largest absolute Gasteiger partial charge is 0.383 e. The van der Waals surface area contributed by atoms with Crippen LogP contribution in [0.2, 0.25) is 0 Å². The van der Waals surface area contributed by atoms with Crippen LogP contribution in [0.5, 0.6) is 0 Å². The van der Waals surface area contributed by atoms with Crippen molar-refractivity contribution in [3.63, 3.8) is 0 Å². The van der Waals surface area contributed by atoms with Crippen LogP contribution in [0.1, 0.15) is 15.2 Å². The smallest absolute Gasteiger partial charge is 0.258 e. The average molecular weight is 309 g/mol. The highest BCUT2D eigenvalue weighted by atomic mass is 32.1. The molecule has 0 saturated heterocycles. The number of thiophene rings is 1. The summed E-state index contributed by atoms with van der Waals surface area (Å²) in [5, 5.41) is 8.43. The Hall–Kier alpha value is -2.66. The van der Waals surface area contributed by atoms with E-state index in [0.717, 1.165) is 20.7 Å². The summed E-state index contributed by atoms with van der Waals surface area (Å²) in [6.07, 6.45) is 0. The van der Waals surface area contributed by atoms with Gasteiger partial charge in [-0.2, -0.15) is 0 Å². The molecule has 2 aromatic carbocycles. The van der Waals surface area contributed by atoms with E-state index in [2.05, 4.69) is 0 Å². The zero-order valence-electron chi connectivity index (χ0n) is 12.0. The number of nitrogens with one attached hydrogen (secondary N) is 1. The molecule has 0 saturated carbocycles. The third-order valence-electron chi connectivity index (χ3n) is 3.48. The number of fused-ring (bicyclic) bond motifs is 1. The van der Waals surface area contributed by atoms with E-state index in [1.807, 2.05) is 54.6 Å². The molecule has 0 spiro atoms. The average Bonchev–Trinajstić information content (AvgIpc) is 2.97. The lowest BCUT2D eigenvalue weighted by Crippen LogP contribution is -2.25. The predicted molar refractivity (Wildman–Crippen MR) is 92.0 cm³/mol. The number of hydrogen-bond acceptors (Lipinski definition) is 3. The zero-order valence-corrected chi connectivity index (χ0v) is 12.9. The first-order valence-electron chi connectivity index (χ1n) is 6.77. The highest BCUT2D eigenvalue weighted by Gasteiger charge is 2.14. The third kappa shape index (κ3) is 2.58. The van der Waals surface area contributed by atoms with Gasteiger partial charge in [0.25, 0.3) is 5.91 Å². The Morgan fingerprint density at radius 1 is 1.14 bits per heavy atom. The van der Waals surface area contributed by atoms with Crippen molar-refractivity contribution in [2.24, 2.45) is 5.73 Å². The molecule has 3 rings (SSSR count). The maximum Gasteiger partial charge on any atom is 0.258 e. The quantitative estimate of drug-likeness (QED) is 0.574. The summed E-state index contributed by atoms with van der Waals surface area (Å²) in [6, 6.07) is 16.9. The van der Waals surface area contributed by atoms with E-state index in [4.69, 9.17) is 11.1 Å². The minimum absolute atomic E-state index is 0.0514. The fourth-order valence-electron chi connectivity index (χ4n) is 2.27. The number of nitrogen functional groups attached to an aromatic ring is 1. The highest BCUT2D eigenvalue weighted by molar-refractivity contribution is 7.20. The molecule has 3 aromatic rings. The fraction of sp³-hybridized carbons (Fsp3) is 0.0588. The second kappa shape index (κ2) is 5.61. The molecular weight excluding hydrogens is 294 g/mol. The topological polar surface area (TPSA) is 70.2 Å². The summed E-state index contributed by atoms with van der Waals surface area (Å²) in [7, 11) is 1.76. The Labute approximate surface area is 132 Å². The van der Waals surface area contributed by atoms with Gasteiger partial charge in [-0.1, -0.05) is 18.2 Å². The van der Waals surface area contributed by atoms with E-state index in [1.54, 1.807) is 11.9 Å². The minimum Gasteiger partial charge on any atom is -0.383 e. The van der Waals surface area contributed by atoms with Crippen molar-refractivity contribution in [2.45, 2.75) is 0 Å². The molecule has 4 nitrogen and oxygen atoms in total. The van der Waals surface area contributed by atoms with Crippen LogP contribution >= 0.6 is 11.3 Å². The number of anilines is 1. The summed E-state index contributed by atoms with van der Waals surface area (Å²) in [6.45, 7) is 0. The molecule has 1 heterocycles. The first kappa shape index (κ1) is 14.3. The van der Waals surface area contributed by atoms with E-state index in [-0.39, 0.29) is 11.7 Å². The molecule has 0 atom stereocenters. The molecule has 0 bridgehead atoms. The number of nitrogens with two attached hydrogens (primary N) is 1. The molecule has 5 heteroatoms. The number of nitrogens with zero attached hydrogens (tertiary/aromatic N) is 1. The molecule has 0 radical (unpaired) electrons. The lowest BCUT2D eigenvalue weighted by molar-refractivity contribution is 0.0993. The van der Waals surface area contributed by atoms with Gasteiger partial charge in [0.1, 0.15) is 5.84 Å². The van der Waals surface area contributed by atoms with Crippen molar-refractivity contribution in [2.75, 3.05) is 11.9 Å². The number of amides is 1. The van der Waals surface area contributed by atoms with Crippen molar-refractivity contribution < 1.29 is 4.79 Å². The lowest BCUT2D eigenvalue weighted by atomic mass is 10.1. The SMILES string of the molecule is CN(C(=O)c1ccc2sc(C(=N)N)cc2c1)c1ccccc1. The molecule has 0 fully saturated rings. The summed E-state index contributed by atoms with van der Waals surface area (Å²) in [5.41, 5.74) is 6.98. The van der Waals surface area contributed by atoms with Crippen LogP contribution in [0.4, 0.5) is 5.69 Å². The van der Waals surface area contributed by atoms with E-state index in [0.29, 0.717) is 5.56 Å². The van der Waals surface area contributed by atoms with Crippen molar-refractivity contribution in [1.82, 2.24) is 0 Å².